The van der Waals surface area contributed by atoms with E-state index in [9.17, 15) is 14.7 Å². The Hall–Kier alpha value is -4.79. The molecule has 4 aromatic carbocycles. The maximum absolute atomic E-state index is 11.3. The van der Waals surface area contributed by atoms with E-state index in [1.54, 1.807) is 18.7 Å². The highest BCUT2D eigenvalue weighted by atomic mass is 32.2. The van der Waals surface area contributed by atoms with Gasteiger partial charge >= 0.3 is 11.9 Å². The zero-order valence-corrected chi connectivity index (χ0v) is 27.3. The first-order valence-corrected chi connectivity index (χ1v) is 16.5. The van der Waals surface area contributed by atoms with Gasteiger partial charge in [-0.3, -0.25) is 0 Å². The molecule has 0 fully saturated rings. The molecule has 0 amide bonds. The summed E-state index contributed by atoms with van der Waals surface area (Å²) < 4.78 is 16.5. The molecule has 0 radical (unpaired) electrons. The van der Waals surface area contributed by atoms with Crippen molar-refractivity contribution in [2.45, 2.75) is 37.7 Å². The van der Waals surface area contributed by atoms with Crippen LogP contribution in [-0.2, 0) is 27.2 Å². The summed E-state index contributed by atoms with van der Waals surface area (Å²) in [7, 11) is 0. The summed E-state index contributed by atoms with van der Waals surface area (Å²) in [5, 5.41) is 18.1. The van der Waals surface area contributed by atoms with Crippen molar-refractivity contribution in [3.05, 3.63) is 124 Å². The smallest absolute Gasteiger partial charge is 0.341 e. The van der Waals surface area contributed by atoms with Crippen molar-refractivity contribution in [1.82, 2.24) is 0 Å². The normalized spacial score (nSPS) is 12.6. The highest BCUT2D eigenvalue weighted by molar-refractivity contribution is 7.99. The van der Waals surface area contributed by atoms with Gasteiger partial charge in [0.1, 0.15) is 18.1 Å². The van der Waals surface area contributed by atoms with Gasteiger partial charge in [0, 0.05) is 23.7 Å². The third-order valence-corrected chi connectivity index (χ3v) is 8.67. The van der Waals surface area contributed by atoms with E-state index in [-0.39, 0.29) is 6.61 Å². The van der Waals surface area contributed by atoms with Crippen molar-refractivity contribution < 1.29 is 34.0 Å². The van der Waals surface area contributed by atoms with E-state index in [0.29, 0.717) is 25.4 Å². The molecule has 242 valence electrons. The molecule has 0 saturated heterocycles. The molecule has 2 N–H and O–H groups in total. The number of fused-ring (bicyclic) bond motifs is 3. The molecule has 8 heteroatoms. The molecule has 1 atom stereocenters. The lowest BCUT2D eigenvalue weighted by molar-refractivity contribution is -0.150. The lowest BCUT2D eigenvalue weighted by Gasteiger charge is -2.12. The van der Waals surface area contributed by atoms with E-state index in [1.807, 2.05) is 55.5 Å². The van der Waals surface area contributed by atoms with Gasteiger partial charge in [0.2, 0.25) is 0 Å². The Morgan fingerprint density at radius 2 is 1.53 bits per heavy atom. The monoisotopic (exact) mass is 650 g/mol. The van der Waals surface area contributed by atoms with Gasteiger partial charge in [-0.2, -0.15) is 0 Å². The fraction of sp³-hybridized carbons (Fsp3) is 0.231. The predicted octanol–water partition coefficient (Wildman–Crippen LogP) is 7.96. The van der Waals surface area contributed by atoms with Crippen molar-refractivity contribution in [3.8, 4) is 22.6 Å². The molecule has 0 heterocycles. The van der Waals surface area contributed by atoms with Crippen LogP contribution in [0.2, 0.25) is 0 Å². The number of thioether (sulfide) groups is 1. The summed E-state index contributed by atoms with van der Waals surface area (Å²) in [6, 6.07) is 26.5. The van der Waals surface area contributed by atoms with Crippen LogP contribution in [0.15, 0.2) is 95.9 Å². The molecular formula is C39H38O7S. The van der Waals surface area contributed by atoms with E-state index in [1.165, 1.54) is 27.8 Å². The van der Waals surface area contributed by atoms with Crippen molar-refractivity contribution in [2.75, 3.05) is 25.6 Å². The molecule has 0 aliphatic heterocycles. The fourth-order valence-electron chi connectivity index (χ4n) is 5.48. The average molecular weight is 651 g/mol. The minimum atomic E-state index is -0.988. The molecule has 1 aliphatic carbocycles. The van der Waals surface area contributed by atoms with Gasteiger partial charge in [-0.1, -0.05) is 66.8 Å². The maximum atomic E-state index is 11.3. The van der Waals surface area contributed by atoms with Crippen LogP contribution < -0.4 is 9.47 Å². The zero-order chi connectivity index (χ0) is 33.2. The van der Waals surface area contributed by atoms with Crippen LogP contribution in [-0.4, -0.2) is 53.8 Å². The van der Waals surface area contributed by atoms with Crippen molar-refractivity contribution in [1.29, 1.82) is 0 Å². The molecule has 4 aromatic rings. The highest BCUT2D eigenvalue weighted by Gasteiger charge is 2.19. The van der Waals surface area contributed by atoms with Crippen LogP contribution in [0.3, 0.4) is 0 Å². The van der Waals surface area contributed by atoms with Crippen LogP contribution >= 0.6 is 11.8 Å². The van der Waals surface area contributed by atoms with E-state index in [0.717, 1.165) is 39.5 Å². The van der Waals surface area contributed by atoms with Gasteiger partial charge in [0.15, 0.2) is 12.7 Å². The summed E-state index contributed by atoms with van der Waals surface area (Å²) in [5.74, 6) is 0.191. The topological polar surface area (TPSA) is 102 Å². The Balaban J connectivity index is 1.10. The molecule has 0 bridgehead atoms. The van der Waals surface area contributed by atoms with Crippen LogP contribution in [0.1, 0.15) is 40.3 Å². The number of aliphatic carboxylic acids is 2. The lowest BCUT2D eigenvalue weighted by Crippen LogP contribution is -2.26. The molecule has 0 spiro atoms. The Labute approximate surface area is 279 Å². The summed E-state index contributed by atoms with van der Waals surface area (Å²) in [5.41, 5.74) is 9.30. The number of carboxylic acids is 2. The Morgan fingerprint density at radius 3 is 2.15 bits per heavy atom. The fourth-order valence-corrected chi connectivity index (χ4v) is 6.29. The van der Waals surface area contributed by atoms with Crippen molar-refractivity contribution in [3.63, 3.8) is 0 Å². The predicted molar refractivity (Wildman–Crippen MR) is 186 cm³/mol. The second-order valence-electron chi connectivity index (χ2n) is 11.2. The van der Waals surface area contributed by atoms with E-state index < -0.39 is 18.0 Å². The Morgan fingerprint density at radius 1 is 0.851 bits per heavy atom. The van der Waals surface area contributed by atoms with Gasteiger partial charge in [-0.05, 0) is 101 Å². The highest BCUT2D eigenvalue weighted by Crippen LogP contribution is 2.38. The molecule has 47 heavy (non-hydrogen) atoms. The number of benzene rings is 4. The number of hydrogen-bond acceptors (Lipinski definition) is 6. The second-order valence-corrected chi connectivity index (χ2v) is 12.3. The first kappa shape index (κ1) is 33.6. The third kappa shape index (κ3) is 9.37. The molecule has 0 saturated carbocycles. The number of ether oxygens (including phenoxy) is 3. The van der Waals surface area contributed by atoms with Gasteiger partial charge in [0.25, 0.3) is 0 Å². The van der Waals surface area contributed by atoms with Crippen LogP contribution in [0.25, 0.3) is 23.3 Å². The molecule has 1 aliphatic rings. The second kappa shape index (κ2) is 16.2. The molecular weight excluding hydrogens is 612 g/mol. The number of rotatable bonds is 16. The van der Waals surface area contributed by atoms with Gasteiger partial charge < -0.3 is 24.4 Å². The lowest BCUT2D eigenvalue weighted by atomic mass is 10.0. The molecule has 1 unspecified atom stereocenters. The summed E-state index contributed by atoms with van der Waals surface area (Å²) >= 11 is 1.72. The zero-order valence-electron chi connectivity index (χ0n) is 26.5. The SMILES string of the molecule is CCOC(Cc1ccc(OC/C=C/c2ccc3c(c2)Cc2cc(/C=C/CSc4ccc(OCC(=O)O)c(C)c4)ccc2-3)cc1)C(=O)O. The van der Waals surface area contributed by atoms with E-state index in [2.05, 4.69) is 54.6 Å². The summed E-state index contributed by atoms with van der Waals surface area (Å²) in [6.45, 7) is 4.15. The van der Waals surface area contributed by atoms with Crippen molar-refractivity contribution in [2.24, 2.45) is 0 Å². The first-order valence-electron chi connectivity index (χ1n) is 15.5. The maximum Gasteiger partial charge on any atom is 0.341 e. The van der Waals surface area contributed by atoms with Gasteiger partial charge in [-0.25, -0.2) is 9.59 Å². The summed E-state index contributed by atoms with van der Waals surface area (Å²) in [6.07, 6.45) is 8.75. The Bertz CT molecular complexity index is 1780. The molecule has 0 aromatic heterocycles. The molecule has 7 nitrogen and oxygen atoms in total. The quantitative estimate of drug-likeness (QED) is 0.104. The van der Waals surface area contributed by atoms with Crippen LogP contribution in [0.5, 0.6) is 11.5 Å². The van der Waals surface area contributed by atoms with Crippen molar-refractivity contribution >= 4 is 35.9 Å². The first-order chi connectivity index (χ1) is 22.8. The minimum Gasteiger partial charge on any atom is -0.490 e. The number of carbonyl (C=O) groups is 2. The number of carboxylic acid groups (broad SMARTS) is 2. The third-order valence-electron chi connectivity index (χ3n) is 7.73. The minimum absolute atomic E-state index is 0.315. The van der Waals surface area contributed by atoms with E-state index in [4.69, 9.17) is 19.3 Å². The Kier molecular flexibility index (Phi) is 11.5. The average Bonchev–Trinajstić information content (AvgIpc) is 3.42. The van der Waals surface area contributed by atoms with Crippen LogP contribution in [0, 0.1) is 6.92 Å². The molecule has 5 rings (SSSR count). The van der Waals surface area contributed by atoms with Gasteiger partial charge in [-0.15, -0.1) is 11.8 Å². The van der Waals surface area contributed by atoms with Crippen LogP contribution in [0.4, 0.5) is 0 Å². The van der Waals surface area contributed by atoms with E-state index >= 15 is 0 Å². The largest absolute Gasteiger partial charge is 0.490 e. The van der Waals surface area contributed by atoms with Gasteiger partial charge in [0.05, 0.1) is 0 Å². The number of hydrogen-bond donors (Lipinski definition) is 2. The summed E-state index contributed by atoms with van der Waals surface area (Å²) in [4.78, 5) is 23.2. The number of aryl methyl sites for hydroxylation is 1. The standard InChI is InChI=1S/C39H38O7S/c1-3-44-37(39(42)43)23-29-8-12-32(13-9-29)45-18-4-6-27-10-15-34-30(21-27)24-31-22-28(11-16-35(31)34)7-5-19-47-33-14-17-36(26(2)20-33)46-25-38(40)41/h4-17,20-22,37H,3,18-19,23-25H2,1-2H3,(H,40,41)(H,42,43)/b6-4+,7-5+.